The summed E-state index contributed by atoms with van der Waals surface area (Å²) in [5.41, 5.74) is 0.821. The monoisotopic (exact) mass is 401 g/mol. The van der Waals surface area contributed by atoms with Crippen LogP contribution >= 0.6 is 7.92 Å². The number of nitrogens with zero attached hydrogens (tertiary/aromatic N) is 1. The van der Waals surface area contributed by atoms with E-state index in [1.807, 2.05) is 0 Å². The smallest absolute Gasteiger partial charge is 0.217 e. The van der Waals surface area contributed by atoms with Gasteiger partial charge in [0.15, 0.2) is 0 Å². The Morgan fingerprint density at radius 2 is 1.31 bits per heavy atom. The van der Waals surface area contributed by atoms with E-state index in [0.717, 1.165) is 11.5 Å². The fraction of sp³-hybridized carbons (Fsp3) is 0.269. The van der Waals surface area contributed by atoms with Crippen molar-refractivity contribution in [3.8, 4) is 0 Å². The SMILES string of the molecule is CC(C)[C@@H]1N=C(c2ccccc2P(c2ccccc2)c2ccccc2)OC1(C)C. The summed E-state index contributed by atoms with van der Waals surface area (Å²) in [6.07, 6.45) is 0. The Kier molecular flexibility index (Phi) is 5.56. The van der Waals surface area contributed by atoms with Crippen molar-refractivity contribution in [1.82, 2.24) is 0 Å². The van der Waals surface area contributed by atoms with Crippen LogP contribution in [0.3, 0.4) is 0 Å². The first-order valence-corrected chi connectivity index (χ1v) is 11.6. The number of benzene rings is 3. The molecule has 1 aliphatic rings. The van der Waals surface area contributed by atoms with Crippen LogP contribution in [0.2, 0.25) is 0 Å². The fourth-order valence-corrected chi connectivity index (χ4v) is 6.57. The van der Waals surface area contributed by atoms with Crippen LogP contribution in [0.5, 0.6) is 0 Å². The number of ether oxygens (including phenoxy) is 1. The highest BCUT2D eigenvalue weighted by Gasteiger charge is 2.41. The van der Waals surface area contributed by atoms with Gasteiger partial charge in [0, 0.05) is 5.56 Å². The second kappa shape index (κ2) is 8.13. The molecule has 3 aromatic rings. The normalized spacial score (nSPS) is 18.0. The van der Waals surface area contributed by atoms with Gasteiger partial charge in [-0.1, -0.05) is 92.7 Å². The minimum atomic E-state index is -0.704. The van der Waals surface area contributed by atoms with Gasteiger partial charge in [0.05, 0.1) is 6.04 Å². The van der Waals surface area contributed by atoms with E-state index in [2.05, 4.69) is 113 Å². The topological polar surface area (TPSA) is 21.6 Å². The summed E-state index contributed by atoms with van der Waals surface area (Å²) in [6, 6.07) is 30.3. The van der Waals surface area contributed by atoms with E-state index in [4.69, 9.17) is 9.73 Å². The zero-order valence-electron chi connectivity index (χ0n) is 17.5. The van der Waals surface area contributed by atoms with Crippen LogP contribution < -0.4 is 15.9 Å². The molecule has 1 heterocycles. The van der Waals surface area contributed by atoms with E-state index in [1.165, 1.54) is 15.9 Å². The van der Waals surface area contributed by atoms with E-state index in [1.54, 1.807) is 0 Å². The molecule has 0 N–H and O–H groups in total. The first kappa shape index (κ1) is 19.9. The number of hydrogen-bond acceptors (Lipinski definition) is 2. The van der Waals surface area contributed by atoms with E-state index in [-0.39, 0.29) is 11.6 Å². The van der Waals surface area contributed by atoms with Crippen LogP contribution in [0.4, 0.5) is 0 Å². The number of hydrogen-bond donors (Lipinski definition) is 0. The second-order valence-corrected chi connectivity index (χ2v) is 10.5. The van der Waals surface area contributed by atoms with Crippen LogP contribution in [0.1, 0.15) is 33.3 Å². The lowest BCUT2D eigenvalue weighted by molar-refractivity contribution is 0.0814. The van der Waals surface area contributed by atoms with Crippen LogP contribution in [-0.2, 0) is 4.74 Å². The maximum absolute atomic E-state index is 6.43. The van der Waals surface area contributed by atoms with Gasteiger partial charge in [-0.05, 0) is 49.7 Å². The lowest BCUT2D eigenvalue weighted by Crippen LogP contribution is -2.37. The summed E-state index contributed by atoms with van der Waals surface area (Å²) in [6.45, 7) is 8.73. The quantitative estimate of drug-likeness (QED) is 0.550. The number of rotatable bonds is 5. The van der Waals surface area contributed by atoms with Crippen molar-refractivity contribution in [2.24, 2.45) is 10.9 Å². The van der Waals surface area contributed by atoms with Crippen LogP contribution in [0, 0.1) is 5.92 Å². The van der Waals surface area contributed by atoms with Crippen molar-refractivity contribution >= 4 is 29.7 Å². The molecule has 0 spiro atoms. The molecule has 0 saturated heterocycles. The lowest BCUT2D eigenvalue weighted by Gasteiger charge is -2.27. The zero-order chi connectivity index (χ0) is 20.4. The number of aliphatic imine (C=N–C) groups is 1. The molecule has 0 fully saturated rings. The zero-order valence-corrected chi connectivity index (χ0v) is 18.4. The molecule has 1 aliphatic heterocycles. The molecule has 148 valence electrons. The van der Waals surface area contributed by atoms with E-state index in [0.29, 0.717) is 5.92 Å². The molecular formula is C26H28NOP. The average Bonchev–Trinajstić information content (AvgIpc) is 3.06. The third kappa shape index (κ3) is 4.00. The second-order valence-electron chi connectivity index (χ2n) is 8.35. The van der Waals surface area contributed by atoms with Gasteiger partial charge in [0.2, 0.25) is 5.90 Å². The van der Waals surface area contributed by atoms with Crippen molar-refractivity contribution in [2.75, 3.05) is 0 Å². The predicted octanol–water partition coefficient (Wildman–Crippen LogP) is 5.02. The minimum absolute atomic E-state index is 0.158. The third-order valence-electron chi connectivity index (χ3n) is 5.36. The van der Waals surface area contributed by atoms with E-state index >= 15 is 0 Å². The summed E-state index contributed by atoms with van der Waals surface area (Å²) in [5.74, 6) is 1.21. The summed E-state index contributed by atoms with van der Waals surface area (Å²) in [4.78, 5) is 5.05. The molecule has 0 aromatic heterocycles. The Hall–Kier alpha value is -2.44. The Morgan fingerprint density at radius 3 is 1.83 bits per heavy atom. The molecule has 0 radical (unpaired) electrons. The maximum atomic E-state index is 6.43. The lowest BCUT2D eigenvalue weighted by atomic mass is 9.90. The molecule has 2 nitrogen and oxygen atoms in total. The molecule has 29 heavy (non-hydrogen) atoms. The molecule has 0 saturated carbocycles. The van der Waals surface area contributed by atoms with Crippen LogP contribution in [0.25, 0.3) is 0 Å². The van der Waals surface area contributed by atoms with E-state index < -0.39 is 7.92 Å². The van der Waals surface area contributed by atoms with Crippen molar-refractivity contribution in [3.63, 3.8) is 0 Å². The Labute approximate surface area is 175 Å². The highest BCUT2D eigenvalue weighted by atomic mass is 31.1. The standard InChI is InChI=1S/C26H28NOP/c1-19(2)24-26(3,4)28-25(27-24)22-17-11-12-18-23(22)29(20-13-7-5-8-14-20)21-15-9-6-10-16-21/h5-19,24H,1-4H3/t24-/m0/s1. The minimum Gasteiger partial charge on any atom is -0.469 e. The Balaban J connectivity index is 1.86. The molecule has 0 unspecified atom stereocenters. The molecule has 0 amide bonds. The summed E-state index contributed by atoms with van der Waals surface area (Å²) in [7, 11) is -0.704. The van der Waals surface area contributed by atoms with Gasteiger partial charge in [-0.25, -0.2) is 4.99 Å². The molecule has 3 aromatic carbocycles. The van der Waals surface area contributed by atoms with Gasteiger partial charge in [-0.15, -0.1) is 0 Å². The first-order chi connectivity index (χ1) is 14.0. The highest BCUT2D eigenvalue weighted by molar-refractivity contribution is 7.80. The summed E-state index contributed by atoms with van der Waals surface area (Å²) >= 11 is 0. The molecule has 4 rings (SSSR count). The maximum Gasteiger partial charge on any atom is 0.217 e. The summed E-state index contributed by atoms with van der Waals surface area (Å²) < 4.78 is 6.43. The van der Waals surface area contributed by atoms with E-state index in [9.17, 15) is 0 Å². The van der Waals surface area contributed by atoms with Gasteiger partial charge in [-0.3, -0.25) is 0 Å². The highest BCUT2D eigenvalue weighted by Crippen LogP contribution is 2.37. The summed E-state index contributed by atoms with van der Waals surface area (Å²) in [5, 5.41) is 3.96. The molecule has 0 bridgehead atoms. The van der Waals surface area contributed by atoms with Crippen molar-refractivity contribution in [1.29, 1.82) is 0 Å². The van der Waals surface area contributed by atoms with Gasteiger partial charge < -0.3 is 4.74 Å². The van der Waals surface area contributed by atoms with Crippen molar-refractivity contribution in [2.45, 2.75) is 39.3 Å². The van der Waals surface area contributed by atoms with Gasteiger partial charge >= 0.3 is 0 Å². The third-order valence-corrected chi connectivity index (χ3v) is 7.86. The van der Waals surface area contributed by atoms with Crippen LogP contribution in [0.15, 0.2) is 89.9 Å². The first-order valence-electron chi connectivity index (χ1n) is 10.2. The molecule has 3 heteroatoms. The van der Waals surface area contributed by atoms with Gasteiger partial charge in [0.25, 0.3) is 0 Å². The molecule has 1 atom stereocenters. The fourth-order valence-electron chi connectivity index (χ4n) is 4.12. The molecular weight excluding hydrogens is 373 g/mol. The Bertz CT molecular complexity index is 956. The largest absolute Gasteiger partial charge is 0.469 e. The van der Waals surface area contributed by atoms with Crippen molar-refractivity contribution in [3.05, 3.63) is 90.5 Å². The average molecular weight is 401 g/mol. The van der Waals surface area contributed by atoms with Crippen LogP contribution in [-0.4, -0.2) is 17.5 Å². The van der Waals surface area contributed by atoms with Crippen molar-refractivity contribution < 1.29 is 4.74 Å². The van der Waals surface area contributed by atoms with Gasteiger partial charge in [0.1, 0.15) is 5.60 Å². The Morgan fingerprint density at radius 1 is 0.793 bits per heavy atom. The predicted molar refractivity (Wildman–Crippen MR) is 125 cm³/mol. The van der Waals surface area contributed by atoms with Gasteiger partial charge in [-0.2, -0.15) is 0 Å². The molecule has 0 aliphatic carbocycles.